The molecule has 1 saturated carbocycles. The molecule has 0 aromatic heterocycles. The van der Waals surface area contributed by atoms with E-state index in [2.05, 4.69) is 9.80 Å². The van der Waals surface area contributed by atoms with Gasteiger partial charge in [-0.05, 0) is 58.3 Å². The molecule has 2 saturated heterocycles. The van der Waals surface area contributed by atoms with Crippen LogP contribution in [-0.2, 0) is 19.0 Å². The summed E-state index contributed by atoms with van der Waals surface area (Å²) >= 11 is 0. The average molecular weight is 427 g/mol. The molecule has 8 heteroatoms. The van der Waals surface area contributed by atoms with E-state index in [1.165, 1.54) is 19.3 Å². The SMILES string of the molecule is CCOC(=O)C1CCC(OC(N2CCCC2)N2CCCC2OC)CC1.Cl.Cl. The summed E-state index contributed by atoms with van der Waals surface area (Å²) in [6.45, 7) is 5.60. The second-order valence-electron chi connectivity index (χ2n) is 7.50. The Kier molecular flexibility index (Phi) is 11.5. The maximum Gasteiger partial charge on any atom is 0.308 e. The van der Waals surface area contributed by atoms with Crippen molar-refractivity contribution in [3.8, 4) is 0 Å². The van der Waals surface area contributed by atoms with Crippen LogP contribution in [0, 0.1) is 5.92 Å². The van der Waals surface area contributed by atoms with Crippen molar-refractivity contribution in [3.05, 3.63) is 0 Å². The maximum atomic E-state index is 11.9. The van der Waals surface area contributed by atoms with Crippen LogP contribution in [0.1, 0.15) is 58.3 Å². The van der Waals surface area contributed by atoms with E-state index in [9.17, 15) is 4.79 Å². The largest absolute Gasteiger partial charge is 0.466 e. The minimum absolute atomic E-state index is 0. The van der Waals surface area contributed by atoms with E-state index in [4.69, 9.17) is 14.2 Å². The molecule has 0 N–H and O–H groups in total. The van der Waals surface area contributed by atoms with Gasteiger partial charge in [-0.1, -0.05) is 0 Å². The van der Waals surface area contributed by atoms with Crippen molar-refractivity contribution in [2.24, 2.45) is 5.92 Å². The van der Waals surface area contributed by atoms with Crippen molar-refractivity contribution < 1.29 is 19.0 Å². The molecule has 0 spiro atoms. The van der Waals surface area contributed by atoms with Crippen LogP contribution < -0.4 is 0 Å². The molecule has 0 bridgehead atoms. The highest BCUT2D eigenvalue weighted by atomic mass is 35.5. The second-order valence-corrected chi connectivity index (χ2v) is 7.50. The number of ether oxygens (including phenoxy) is 3. The number of halogens is 2. The monoisotopic (exact) mass is 426 g/mol. The summed E-state index contributed by atoms with van der Waals surface area (Å²) in [5, 5.41) is 0. The topological polar surface area (TPSA) is 51.2 Å². The van der Waals surface area contributed by atoms with E-state index in [1.54, 1.807) is 7.11 Å². The summed E-state index contributed by atoms with van der Waals surface area (Å²) in [6.07, 6.45) is 8.82. The molecular weight excluding hydrogens is 391 g/mol. The number of esters is 1. The van der Waals surface area contributed by atoms with E-state index in [0.717, 1.165) is 51.7 Å². The van der Waals surface area contributed by atoms with Crippen LogP contribution in [0.25, 0.3) is 0 Å². The van der Waals surface area contributed by atoms with Crippen molar-refractivity contribution in [3.63, 3.8) is 0 Å². The molecule has 1 aliphatic carbocycles. The number of nitrogens with zero attached hydrogens (tertiary/aromatic N) is 2. The molecule has 2 heterocycles. The highest BCUT2D eigenvalue weighted by Crippen LogP contribution is 2.32. The fourth-order valence-corrected chi connectivity index (χ4v) is 4.47. The number of rotatable bonds is 7. The lowest BCUT2D eigenvalue weighted by Gasteiger charge is -2.40. The smallest absolute Gasteiger partial charge is 0.308 e. The van der Waals surface area contributed by atoms with Gasteiger partial charge in [-0.2, -0.15) is 0 Å². The Morgan fingerprint density at radius 3 is 2.26 bits per heavy atom. The third-order valence-electron chi connectivity index (χ3n) is 5.85. The number of carbonyl (C=O) groups is 1. The first kappa shape index (κ1) is 24.9. The molecule has 0 aromatic carbocycles. The lowest BCUT2D eigenvalue weighted by molar-refractivity contribution is -0.214. The number of methoxy groups -OCH3 is 1. The van der Waals surface area contributed by atoms with Crippen molar-refractivity contribution in [2.75, 3.05) is 33.4 Å². The van der Waals surface area contributed by atoms with Gasteiger partial charge < -0.3 is 14.2 Å². The van der Waals surface area contributed by atoms with Gasteiger partial charge in [-0.3, -0.25) is 9.69 Å². The predicted octanol–water partition coefficient (Wildman–Crippen LogP) is 3.42. The van der Waals surface area contributed by atoms with Gasteiger partial charge in [0.25, 0.3) is 0 Å². The molecular formula is C19H36Cl2N2O4. The van der Waals surface area contributed by atoms with E-state index in [1.807, 2.05) is 6.92 Å². The minimum atomic E-state index is -0.0315. The number of likely N-dealkylation sites (tertiary alicyclic amines) is 2. The Labute approximate surface area is 176 Å². The van der Waals surface area contributed by atoms with Gasteiger partial charge in [-0.25, -0.2) is 4.90 Å². The number of carbonyl (C=O) groups excluding carboxylic acids is 1. The molecule has 160 valence electrons. The van der Waals surface area contributed by atoms with Crippen molar-refractivity contribution in [1.29, 1.82) is 0 Å². The van der Waals surface area contributed by atoms with Gasteiger partial charge in [0.15, 0.2) is 6.35 Å². The zero-order chi connectivity index (χ0) is 17.6. The quantitative estimate of drug-likeness (QED) is 0.581. The Morgan fingerprint density at radius 1 is 1.00 bits per heavy atom. The first-order valence-corrected chi connectivity index (χ1v) is 10.1. The van der Waals surface area contributed by atoms with Gasteiger partial charge in [0, 0.05) is 26.7 Å². The lowest BCUT2D eigenvalue weighted by atomic mass is 9.87. The molecule has 3 aliphatic rings. The van der Waals surface area contributed by atoms with Crippen LogP contribution >= 0.6 is 24.8 Å². The van der Waals surface area contributed by atoms with Gasteiger partial charge >= 0.3 is 5.97 Å². The molecule has 2 atom stereocenters. The van der Waals surface area contributed by atoms with Crippen molar-refractivity contribution in [1.82, 2.24) is 9.80 Å². The van der Waals surface area contributed by atoms with Crippen LogP contribution in [-0.4, -0.2) is 67.8 Å². The number of hydrogen-bond donors (Lipinski definition) is 0. The molecule has 2 aliphatic heterocycles. The molecule has 3 rings (SSSR count). The van der Waals surface area contributed by atoms with Crippen molar-refractivity contribution >= 4 is 30.8 Å². The molecule has 0 aromatic rings. The van der Waals surface area contributed by atoms with Crippen LogP contribution in [0.2, 0.25) is 0 Å². The zero-order valence-electron chi connectivity index (χ0n) is 16.6. The van der Waals surface area contributed by atoms with Gasteiger partial charge in [-0.15, -0.1) is 24.8 Å². The summed E-state index contributed by atoms with van der Waals surface area (Å²) in [7, 11) is 1.80. The lowest BCUT2D eigenvalue weighted by Crippen LogP contribution is -2.53. The Morgan fingerprint density at radius 2 is 1.67 bits per heavy atom. The number of hydrogen-bond acceptors (Lipinski definition) is 6. The Hall–Kier alpha value is -0.110. The van der Waals surface area contributed by atoms with E-state index >= 15 is 0 Å². The molecule has 0 radical (unpaired) electrons. The maximum absolute atomic E-state index is 11.9. The fraction of sp³-hybridized carbons (Fsp3) is 0.947. The van der Waals surface area contributed by atoms with Crippen LogP contribution in [0.15, 0.2) is 0 Å². The van der Waals surface area contributed by atoms with Crippen molar-refractivity contribution in [2.45, 2.75) is 77.0 Å². The molecule has 2 unspecified atom stereocenters. The zero-order valence-corrected chi connectivity index (χ0v) is 18.3. The molecule has 6 nitrogen and oxygen atoms in total. The summed E-state index contributed by atoms with van der Waals surface area (Å²) in [4.78, 5) is 16.8. The van der Waals surface area contributed by atoms with E-state index in [-0.39, 0.29) is 55.4 Å². The first-order valence-electron chi connectivity index (χ1n) is 10.1. The second kappa shape index (κ2) is 12.5. The molecule has 27 heavy (non-hydrogen) atoms. The summed E-state index contributed by atoms with van der Waals surface area (Å²) in [5.41, 5.74) is 0. The van der Waals surface area contributed by atoms with Gasteiger partial charge in [0.2, 0.25) is 0 Å². The molecule has 0 amide bonds. The van der Waals surface area contributed by atoms with Crippen LogP contribution in [0.3, 0.4) is 0 Å². The summed E-state index contributed by atoms with van der Waals surface area (Å²) < 4.78 is 17.5. The highest BCUT2D eigenvalue weighted by Gasteiger charge is 2.38. The standard InChI is InChI=1S/C19H34N2O4.2ClH/c1-3-24-18(22)15-8-10-16(11-9-15)25-19(20-12-4-5-13-20)21-14-6-7-17(21)23-2;;/h15-17,19H,3-14H2,1-2H3;2*1H. The fourth-order valence-electron chi connectivity index (χ4n) is 4.47. The van der Waals surface area contributed by atoms with E-state index in [0.29, 0.717) is 6.61 Å². The molecule has 3 fully saturated rings. The van der Waals surface area contributed by atoms with Crippen LogP contribution in [0.4, 0.5) is 0 Å². The third-order valence-corrected chi connectivity index (χ3v) is 5.85. The Bertz CT molecular complexity index is 430. The third kappa shape index (κ3) is 6.44. The minimum Gasteiger partial charge on any atom is -0.466 e. The Balaban J connectivity index is 0.00000182. The predicted molar refractivity (Wildman–Crippen MR) is 109 cm³/mol. The normalized spacial score (nSPS) is 30.4. The summed E-state index contributed by atoms with van der Waals surface area (Å²) in [6, 6.07) is 0. The van der Waals surface area contributed by atoms with Gasteiger partial charge in [0.1, 0.15) is 6.23 Å². The van der Waals surface area contributed by atoms with Crippen LogP contribution in [0.5, 0.6) is 0 Å². The summed E-state index contributed by atoms with van der Waals surface area (Å²) in [5.74, 6) is 0.0274. The first-order chi connectivity index (χ1) is 12.2. The van der Waals surface area contributed by atoms with E-state index < -0.39 is 0 Å². The highest BCUT2D eigenvalue weighted by molar-refractivity contribution is 5.85. The average Bonchev–Trinajstić information content (AvgIpc) is 3.32. The van der Waals surface area contributed by atoms with Gasteiger partial charge in [0.05, 0.1) is 18.6 Å².